The summed E-state index contributed by atoms with van der Waals surface area (Å²) < 4.78 is 0. The second kappa shape index (κ2) is 5.51. The van der Waals surface area contributed by atoms with Gasteiger partial charge in [0.1, 0.15) is 0 Å². The molecule has 3 nitrogen and oxygen atoms in total. The summed E-state index contributed by atoms with van der Waals surface area (Å²) in [5.41, 5.74) is 4.31. The van der Waals surface area contributed by atoms with Crippen LogP contribution in [-0.4, -0.2) is 48.6 Å². The molecule has 0 aromatic heterocycles. The molecule has 0 bridgehead atoms. The van der Waals surface area contributed by atoms with E-state index in [1.807, 2.05) is 0 Å². The van der Waals surface area contributed by atoms with Crippen molar-refractivity contribution >= 4 is 5.69 Å². The SMILES string of the molecule is CC(C)N1CCN(Cc2ccc3c(c2)CCN3)CC1. The Morgan fingerprint density at radius 3 is 2.68 bits per heavy atom. The van der Waals surface area contributed by atoms with E-state index in [1.54, 1.807) is 0 Å². The van der Waals surface area contributed by atoms with Crippen LogP contribution in [0.4, 0.5) is 5.69 Å². The molecular formula is C16H25N3. The molecule has 2 aliphatic rings. The molecule has 0 spiro atoms. The molecule has 1 aromatic rings. The van der Waals surface area contributed by atoms with E-state index in [2.05, 4.69) is 47.2 Å². The number of nitrogens with one attached hydrogen (secondary N) is 1. The van der Waals surface area contributed by atoms with Crippen LogP contribution in [0.3, 0.4) is 0 Å². The fourth-order valence-electron chi connectivity index (χ4n) is 3.15. The van der Waals surface area contributed by atoms with Gasteiger partial charge >= 0.3 is 0 Å². The second-order valence-electron chi connectivity index (χ2n) is 6.07. The van der Waals surface area contributed by atoms with Crippen molar-refractivity contribution < 1.29 is 0 Å². The van der Waals surface area contributed by atoms with Gasteiger partial charge in [-0.15, -0.1) is 0 Å². The van der Waals surface area contributed by atoms with E-state index in [-0.39, 0.29) is 0 Å². The molecule has 104 valence electrons. The Hall–Kier alpha value is -1.06. The van der Waals surface area contributed by atoms with Gasteiger partial charge in [-0.25, -0.2) is 0 Å². The van der Waals surface area contributed by atoms with Crippen LogP contribution < -0.4 is 5.32 Å². The van der Waals surface area contributed by atoms with Crippen molar-refractivity contribution in [3.05, 3.63) is 29.3 Å². The molecule has 2 heterocycles. The lowest BCUT2D eigenvalue weighted by Gasteiger charge is -2.37. The van der Waals surface area contributed by atoms with E-state index in [4.69, 9.17) is 0 Å². The number of nitrogens with zero attached hydrogens (tertiary/aromatic N) is 2. The molecule has 0 amide bonds. The Kier molecular flexibility index (Phi) is 3.76. The lowest BCUT2D eigenvalue weighted by molar-refractivity contribution is 0.104. The molecule has 3 heteroatoms. The summed E-state index contributed by atoms with van der Waals surface area (Å²) in [6.45, 7) is 11.6. The summed E-state index contributed by atoms with van der Waals surface area (Å²) in [6, 6.07) is 7.62. The molecule has 0 unspecified atom stereocenters. The largest absolute Gasteiger partial charge is 0.384 e. The maximum atomic E-state index is 3.43. The molecule has 0 atom stereocenters. The Morgan fingerprint density at radius 1 is 1.16 bits per heavy atom. The highest BCUT2D eigenvalue weighted by Gasteiger charge is 2.19. The van der Waals surface area contributed by atoms with E-state index in [0.29, 0.717) is 6.04 Å². The quantitative estimate of drug-likeness (QED) is 0.897. The van der Waals surface area contributed by atoms with Gasteiger partial charge in [-0.2, -0.15) is 0 Å². The second-order valence-corrected chi connectivity index (χ2v) is 6.07. The predicted molar refractivity (Wildman–Crippen MR) is 80.6 cm³/mol. The van der Waals surface area contributed by atoms with Crippen LogP contribution in [0.5, 0.6) is 0 Å². The van der Waals surface area contributed by atoms with E-state index in [9.17, 15) is 0 Å². The average molecular weight is 259 g/mol. The monoisotopic (exact) mass is 259 g/mol. The molecule has 3 rings (SSSR count). The Bertz CT molecular complexity index is 434. The van der Waals surface area contributed by atoms with Gasteiger partial charge in [-0.3, -0.25) is 9.80 Å². The molecule has 1 N–H and O–H groups in total. The summed E-state index contributed by atoms with van der Waals surface area (Å²) in [5.74, 6) is 0. The third-order valence-corrected chi connectivity index (χ3v) is 4.42. The zero-order valence-corrected chi connectivity index (χ0v) is 12.2. The molecule has 2 aliphatic heterocycles. The Labute approximate surface area is 116 Å². The van der Waals surface area contributed by atoms with Crippen molar-refractivity contribution in [3.8, 4) is 0 Å². The smallest absolute Gasteiger partial charge is 0.0373 e. The fraction of sp³-hybridized carbons (Fsp3) is 0.625. The molecule has 1 aromatic carbocycles. The third kappa shape index (κ3) is 2.93. The summed E-state index contributed by atoms with van der Waals surface area (Å²) in [6.07, 6.45) is 1.18. The van der Waals surface area contributed by atoms with Gasteiger partial charge in [0.05, 0.1) is 0 Å². The van der Waals surface area contributed by atoms with Gasteiger partial charge in [0, 0.05) is 51.0 Å². The number of hydrogen-bond donors (Lipinski definition) is 1. The van der Waals surface area contributed by atoms with Crippen LogP contribution >= 0.6 is 0 Å². The highest BCUT2D eigenvalue weighted by atomic mass is 15.3. The summed E-state index contributed by atoms with van der Waals surface area (Å²) in [7, 11) is 0. The summed E-state index contributed by atoms with van der Waals surface area (Å²) in [5, 5.41) is 3.43. The Morgan fingerprint density at radius 2 is 1.95 bits per heavy atom. The number of anilines is 1. The van der Waals surface area contributed by atoms with Gasteiger partial charge in [-0.05, 0) is 37.5 Å². The van der Waals surface area contributed by atoms with Gasteiger partial charge in [0.2, 0.25) is 0 Å². The first-order valence-electron chi connectivity index (χ1n) is 7.54. The van der Waals surface area contributed by atoms with E-state index in [1.165, 1.54) is 49.4 Å². The lowest BCUT2D eigenvalue weighted by Crippen LogP contribution is -2.48. The highest BCUT2D eigenvalue weighted by molar-refractivity contribution is 5.56. The van der Waals surface area contributed by atoms with Gasteiger partial charge in [0.15, 0.2) is 0 Å². The van der Waals surface area contributed by atoms with Crippen LogP contribution in [0.25, 0.3) is 0 Å². The van der Waals surface area contributed by atoms with Crippen molar-refractivity contribution in [2.45, 2.75) is 32.9 Å². The van der Waals surface area contributed by atoms with Crippen LogP contribution in [0.15, 0.2) is 18.2 Å². The molecule has 1 saturated heterocycles. The first kappa shape index (κ1) is 12.9. The van der Waals surface area contributed by atoms with Crippen molar-refractivity contribution in [3.63, 3.8) is 0 Å². The first-order valence-corrected chi connectivity index (χ1v) is 7.54. The van der Waals surface area contributed by atoms with Crippen LogP contribution in [-0.2, 0) is 13.0 Å². The molecular weight excluding hydrogens is 234 g/mol. The highest BCUT2D eigenvalue weighted by Crippen LogP contribution is 2.23. The number of fused-ring (bicyclic) bond motifs is 1. The molecule has 1 fully saturated rings. The van der Waals surface area contributed by atoms with Crippen molar-refractivity contribution in [1.29, 1.82) is 0 Å². The standard InChI is InChI=1S/C16H25N3/c1-13(2)19-9-7-18(8-10-19)12-14-3-4-16-15(11-14)5-6-17-16/h3-4,11,13,17H,5-10,12H2,1-2H3. The van der Waals surface area contributed by atoms with Crippen molar-refractivity contribution in [2.75, 3.05) is 38.0 Å². The minimum Gasteiger partial charge on any atom is -0.384 e. The van der Waals surface area contributed by atoms with Crippen LogP contribution in [0.1, 0.15) is 25.0 Å². The fourth-order valence-corrected chi connectivity index (χ4v) is 3.15. The van der Waals surface area contributed by atoms with Crippen molar-refractivity contribution in [1.82, 2.24) is 9.80 Å². The molecule has 0 saturated carbocycles. The van der Waals surface area contributed by atoms with Gasteiger partial charge < -0.3 is 5.32 Å². The zero-order valence-electron chi connectivity index (χ0n) is 12.2. The maximum Gasteiger partial charge on any atom is 0.0373 e. The summed E-state index contributed by atoms with van der Waals surface area (Å²) in [4.78, 5) is 5.16. The normalized spacial score (nSPS) is 20.6. The maximum absolute atomic E-state index is 3.43. The zero-order chi connectivity index (χ0) is 13.2. The predicted octanol–water partition coefficient (Wildman–Crippen LogP) is 2.18. The van der Waals surface area contributed by atoms with Crippen molar-refractivity contribution in [2.24, 2.45) is 0 Å². The number of rotatable bonds is 3. The van der Waals surface area contributed by atoms with Crippen LogP contribution in [0, 0.1) is 0 Å². The lowest BCUT2D eigenvalue weighted by atomic mass is 10.1. The number of hydrogen-bond acceptors (Lipinski definition) is 3. The van der Waals surface area contributed by atoms with Gasteiger partial charge in [-0.1, -0.05) is 12.1 Å². The van der Waals surface area contributed by atoms with Crippen LogP contribution in [0.2, 0.25) is 0 Å². The summed E-state index contributed by atoms with van der Waals surface area (Å²) >= 11 is 0. The number of piperazine rings is 1. The molecule has 0 radical (unpaired) electrons. The first-order chi connectivity index (χ1) is 9.22. The average Bonchev–Trinajstić information content (AvgIpc) is 2.87. The third-order valence-electron chi connectivity index (χ3n) is 4.42. The minimum absolute atomic E-state index is 0.688. The Balaban J connectivity index is 1.58. The number of benzene rings is 1. The van der Waals surface area contributed by atoms with E-state index in [0.717, 1.165) is 13.1 Å². The van der Waals surface area contributed by atoms with Gasteiger partial charge in [0.25, 0.3) is 0 Å². The molecule has 19 heavy (non-hydrogen) atoms. The minimum atomic E-state index is 0.688. The molecule has 0 aliphatic carbocycles. The van der Waals surface area contributed by atoms with E-state index >= 15 is 0 Å². The topological polar surface area (TPSA) is 18.5 Å². The van der Waals surface area contributed by atoms with E-state index < -0.39 is 0 Å².